The fourth-order valence-electron chi connectivity index (χ4n) is 2.59. The molecule has 0 atom stereocenters. The molecule has 0 unspecified atom stereocenters. The van der Waals surface area contributed by atoms with Crippen molar-refractivity contribution in [1.29, 1.82) is 0 Å². The Balaban J connectivity index is 0.00000192. The molecule has 1 saturated heterocycles. The van der Waals surface area contributed by atoms with E-state index in [4.69, 9.17) is 10.5 Å². The number of halogens is 1. The van der Waals surface area contributed by atoms with E-state index in [1.54, 1.807) is 4.90 Å². The molecule has 0 aromatic heterocycles. The number of nitrogens with zero attached hydrogens (tertiary/aromatic N) is 2. The molecule has 7 heteroatoms. The molecule has 3 N–H and O–H groups in total. The number of rotatable bonds is 5. The summed E-state index contributed by atoms with van der Waals surface area (Å²) < 4.78 is 4.93. The van der Waals surface area contributed by atoms with E-state index >= 15 is 0 Å². The summed E-state index contributed by atoms with van der Waals surface area (Å²) in [6.45, 7) is 2.52. The minimum atomic E-state index is -0.282. The first kappa shape index (κ1) is 17.8. The highest BCUT2D eigenvalue weighted by atomic mass is 127. The molecule has 1 aromatic rings. The molecule has 0 spiro atoms. The zero-order chi connectivity index (χ0) is 15.4. The molecule has 3 rings (SSSR count). The number of ether oxygens (including phenoxy) is 1. The van der Waals surface area contributed by atoms with Gasteiger partial charge in [-0.05, 0) is 36.5 Å². The van der Waals surface area contributed by atoms with Crippen molar-refractivity contribution in [2.75, 3.05) is 24.6 Å². The molecule has 1 aliphatic carbocycles. The smallest absolute Gasteiger partial charge is 0.414 e. The van der Waals surface area contributed by atoms with Crippen LogP contribution in [0.4, 0.5) is 10.5 Å². The summed E-state index contributed by atoms with van der Waals surface area (Å²) in [6, 6.07) is 7.75. The van der Waals surface area contributed by atoms with Crippen molar-refractivity contribution in [3.63, 3.8) is 0 Å². The van der Waals surface area contributed by atoms with E-state index in [-0.39, 0.29) is 30.1 Å². The van der Waals surface area contributed by atoms with Crippen molar-refractivity contribution >= 4 is 41.7 Å². The normalized spacial score (nSPS) is 18.2. The van der Waals surface area contributed by atoms with Crippen LogP contribution >= 0.6 is 24.0 Å². The number of hydrogen-bond acceptors (Lipinski definition) is 3. The molecule has 1 amide bonds. The molecule has 1 aliphatic heterocycles. The molecule has 1 saturated carbocycles. The average molecular weight is 430 g/mol. The molecule has 2 aliphatic rings. The summed E-state index contributed by atoms with van der Waals surface area (Å²) in [5.41, 5.74) is 7.78. The second kappa shape index (κ2) is 8.37. The second-order valence-electron chi connectivity index (χ2n) is 5.81. The Morgan fingerprint density at radius 1 is 1.35 bits per heavy atom. The SMILES string of the molecule is I.NC(=NCc1ccc(N2CCOC2=O)cc1)NCC1CCC1. The number of benzene rings is 1. The fourth-order valence-corrected chi connectivity index (χ4v) is 2.59. The number of amides is 1. The first-order valence-corrected chi connectivity index (χ1v) is 7.79. The third kappa shape index (κ3) is 4.73. The number of hydrogen-bond donors (Lipinski definition) is 2. The van der Waals surface area contributed by atoms with E-state index in [0.29, 0.717) is 25.7 Å². The van der Waals surface area contributed by atoms with Crippen LogP contribution in [0.25, 0.3) is 0 Å². The summed E-state index contributed by atoms with van der Waals surface area (Å²) in [7, 11) is 0. The van der Waals surface area contributed by atoms with E-state index in [9.17, 15) is 4.79 Å². The number of cyclic esters (lactones) is 1. The monoisotopic (exact) mass is 430 g/mol. The highest BCUT2D eigenvalue weighted by Crippen LogP contribution is 2.25. The van der Waals surface area contributed by atoms with Crippen molar-refractivity contribution in [2.24, 2.45) is 16.6 Å². The Morgan fingerprint density at radius 3 is 2.65 bits per heavy atom. The molecule has 0 bridgehead atoms. The number of nitrogens with two attached hydrogens (primary N) is 1. The lowest BCUT2D eigenvalue weighted by Gasteiger charge is -2.25. The van der Waals surface area contributed by atoms with Crippen LogP contribution in [0.5, 0.6) is 0 Å². The van der Waals surface area contributed by atoms with Crippen molar-refractivity contribution in [2.45, 2.75) is 25.8 Å². The third-order valence-electron chi connectivity index (χ3n) is 4.24. The topological polar surface area (TPSA) is 79.9 Å². The van der Waals surface area contributed by atoms with Gasteiger partial charge in [0.1, 0.15) is 6.61 Å². The molecule has 1 heterocycles. The second-order valence-corrected chi connectivity index (χ2v) is 5.81. The lowest BCUT2D eigenvalue weighted by Crippen LogP contribution is -2.37. The maximum Gasteiger partial charge on any atom is 0.414 e. The van der Waals surface area contributed by atoms with E-state index in [2.05, 4.69) is 10.3 Å². The Labute approximate surface area is 153 Å². The fraction of sp³-hybridized carbons (Fsp3) is 0.500. The maximum absolute atomic E-state index is 11.5. The summed E-state index contributed by atoms with van der Waals surface area (Å²) in [5, 5.41) is 3.18. The van der Waals surface area contributed by atoms with Gasteiger partial charge in [0.2, 0.25) is 0 Å². The van der Waals surface area contributed by atoms with Crippen molar-refractivity contribution in [1.82, 2.24) is 5.32 Å². The molecular formula is C16H23IN4O2. The van der Waals surface area contributed by atoms with Gasteiger partial charge in [-0.1, -0.05) is 18.6 Å². The lowest BCUT2D eigenvalue weighted by atomic mass is 9.85. The molecule has 0 radical (unpaired) electrons. The van der Waals surface area contributed by atoms with Gasteiger partial charge in [0.05, 0.1) is 13.1 Å². The summed E-state index contributed by atoms with van der Waals surface area (Å²) >= 11 is 0. The van der Waals surface area contributed by atoms with Crippen LogP contribution in [-0.2, 0) is 11.3 Å². The summed E-state index contributed by atoms with van der Waals surface area (Å²) in [6.07, 6.45) is 3.64. The van der Waals surface area contributed by atoms with Crippen LogP contribution in [0.3, 0.4) is 0 Å². The van der Waals surface area contributed by atoms with Gasteiger partial charge in [-0.3, -0.25) is 4.90 Å². The zero-order valence-electron chi connectivity index (χ0n) is 13.0. The van der Waals surface area contributed by atoms with Gasteiger partial charge in [0.15, 0.2) is 5.96 Å². The Morgan fingerprint density at radius 2 is 2.09 bits per heavy atom. The van der Waals surface area contributed by atoms with Crippen molar-refractivity contribution < 1.29 is 9.53 Å². The zero-order valence-corrected chi connectivity index (χ0v) is 15.4. The Bertz CT molecular complexity index is 558. The van der Waals surface area contributed by atoms with Crippen molar-refractivity contribution in [3.05, 3.63) is 29.8 Å². The Kier molecular flexibility index (Phi) is 6.49. The first-order valence-electron chi connectivity index (χ1n) is 7.79. The predicted molar refractivity (Wildman–Crippen MR) is 101 cm³/mol. The van der Waals surface area contributed by atoms with Gasteiger partial charge in [-0.15, -0.1) is 24.0 Å². The predicted octanol–water partition coefficient (Wildman–Crippen LogP) is 2.47. The van der Waals surface area contributed by atoms with Crippen molar-refractivity contribution in [3.8, 4) is 0 Å². The lowest BCUT2D eigenvalue weighted by molar-refractivity contribution is 0.181. The number of aliphatic imine (C=N–C) groups is 1. The standard InChI is InChI=1S/C16H22N4O2.HI/c17-15(18-10-12-2-1-3-12)19-11-13-4-6-14(7-5-13)20-8-9-22-16(20)21;/h4-7,12H,1-3,8-11H2,(H3,17,18,19);1H. The van der Waals surface area contributed by atoms with Crippen LogP contribution in [0.1, 0.15) is 24.8 Å². The van der Waals surface area contributed by atoms with Crippen LogP contribution in [0, 0.1) is 5.92 Å². The summed E-state index contributed by atoms with van der Waals surface area (Å²) in [4.78, 5) is 17.5. The molecule has 126 valence electrons. The van der Waals surface area contributed by atoms with Gasteiger partial charge in [-0.2, -0.15) is 0 Å². The molecular weight excluding hydrogens is 407 g/mol. The van der Waals surface area contributed by atoms with E-state index in [1.165, 1.54) is 19.3 Å². The number of anilines is 1. The van der Waals surface area contributed by atoms with Crippen LogP contribution in [-0.4, -0.2) is 31.7 Å². The quantitative estimate of drug-likeness (QED) is 0.428. The van der Waals surface area contributed by atoms with Gasteiger partial charge < -0.3 is 15.8 Å². The number of nitrogens with one attached hydrogen (secondary N) is 1. The maximum atomic E-state index is 11.5. The van der Waals surface area contributed by atoms with Crippen LogP contribution in [0.15, 0.2) is 29.3 Å². The highest BCUT2D eigenvalue weighted by Gasteiger charge is 2.23. The molecule has 1 aromatic carbocycles. The third-order valence-corrected chi connectivity index (χ3v) is 4.24. The highest BCUT2D eigenvalue weighted by molar-refractivity contribution is 14.0. The van der Waals surface area contributed by atoms with Gasteiger partial charge in [0, 0.05) is 12.2 Å². The first-order chi connectivity index (χ1) is 10.7. The minimum Gasteiger partial charge on any atom is -0.447 e. The molecule has 2 fully saturated rings. The average Bonchev–Trinajstić information content (AvgIpc) is 2.90. The van der Waals surface area contributed by atoms with E-state index in [0.717, 1.165) is 23.7 Å². The van der Waals surface area contributed by atoms with Gasteiger partial charge in [-0.25, -0.2) is 9.79 Å². The van der Waals surface area contributed by atoms with Gasteiger partial charge in [0.25, 0.3) is 0 Å². The van der Waals surface area contributed by atoms with E-state index in [1.807, 2.05) is 24.3 Å². The molecule has 6 nitrogen and oxygen atoms in total. The number of carbonyl (C=O) groups excluding carboxylic acids is 1. The van der Waals surface area contributed by atoms with Crippen LogP contribution < -0.4 is 16.0 Å². The molecule has 23 heavy (non-hydrogen) atoms. The largest absolute Gasteiger partial charge is 0.447 e. The van der Waals surface area contributed by atoms with E-state index < -0.39 is 0 Å². The number of guanidine groups is 1. The Hall–Kier alpha value is -1.51. The minimum absolute atomic E-state index is 0. The van der Waals surface area contributed by atoms with Crippen LogP contribution in [0.2, 0.25) is 0 Å². The number of carbonyl (C=O) groups is 1. The van der Waals surface area contributed by atoms with Gasteiger partial charge >= 0.3 is 6.09 Å². The summed E-state index contributed by atoms with van der Waals surface area (Å²) in [5.74, 6) is 1.26.